The first kappa shape index (κ1) is 28.7. The Bertz CT molecular complexity index is 1280. The monoisotopic (exact) mass is 518 g/mol. The van der Waals surface area contributed by atoms with Gasteiger partial charge in [0.1, 0.15) is 28.7 Å². The molecule has 38 heavy (non-hydrogen) atoms. The Morgan fingerprint density at radius 2 is 0.763 bits per heavy atom. The summed E-state index contributed by atoms with van der Waals surface area (Å²) in [4.78, 5) is 59.1. The van der Waals surface area contributed by atoms with E-state index in [4.69, 9.17) is 23.7 Å². The zero-order valence-corrected chi connectivity index (χ0v) is 20.3. The van der Waals surface area contributed by atoms with Gasteiger partial charge in [0, 0.05) is 54.6 Å². The van der Waals surface area contributed by atoms with Crippen LogP contribution in [0.3, 0.4) is 0 Å². The molecule has 0 fully saturated rings. The summed E-state index contributed by atoms with van der Waals surface area (Å²) in [6.45, 7) is 14.8. The van der Waals surface area contributed by atoms with E-state index in [2.05, 4.69) is 26.3 Å². The molecule has 0 aromatic heterocycles. The van der Waals surface area contributed by atoms with E-state index < -0.39 is 29.8 Å². The second kappa shape index (κ2) is 13.5. The lowest BCUT2D eigenvalue weighted by molar-refractivity contribution is -0.130. The van der Waals surface area contributed by atoms with Crippen molar-refractivity contribution in [3.8, 4) is 28.7 Å². The maximum absolute atomic E-state index is 12.6. The van der Waals surface area contributed by atoms with E-state index in [1.807, 2.05) is 0 Å². The van der Waals surface area contributed by atoms with E-state index in [1.54, 1.807) is 6.92 Å². The maximum Gasteiger partial charge on any atom is 0.336 e. The first-order chi connectivity index (χ1) is 18.1. The van der Waals surface area contributed by atoms with Crippen LogP contribution in [0.4, 0.5) is 0 Å². The largest absolute Gasteiger partial charge is 0.423 e. The third-order valence-corrected chi connectivity index (χ3v) is 4.28. The fraction of sp³-hybridized carbons (Fsp3) is 0.0357. The van der Waals surface area contributed by atoms with E-state index in [0.717, 1.165) is 30.4 Å². The van der Waals surface area contributed by atoms with Crippen molar-refractivity contribution >= 4 is 35.4 Å². The molecule has 10 heteroatoms. The summed E-state index contributed by atoms with van der Waals surface area (Å²) in [6, 6.07) is 7.80. The lowest BCUT2D eigenvalue weighted by Crippen LogP contribution is -2.09. The first-order valence-corrected chi connectivity index (χ1v) is 10.6. The Kier molecular flexibility index (Phi) is 10.2. The Morgan fingerprint density at radius 1 is 0.500 bits per heavy atom. The summed E-state index contributed by atoms with van der Waals surface area (Å²) in [6.07, 6.45) is 4.83. The number of carbonyl (C=O) groups excluding carboxylic acids is 5. The van der Waals surface area contributed by atoms with E-state index in [1.165, 1.54) is 36.4 Å². The van der Waals surface area contributed by atoms with Gasteiger partial charge in [-0.2, -0.15) is 0 Å². The van der Waals surface area contributed by atoms with Crippen LogP contribution in [0.2, 0.25) is 0 Å². The molecule has 0 aliphatic heterocycles. The van der Waals surface area contributed by atoms with E-state index in [-0.39, 0.29) is 28.7 Å². The highest BCUT2D eigenvalue weighted by molar-refractivity contribution is 5.93. The van der Waals surface area contributed by atoms with Gasteiger partial charge in [-0.1, -0.05) is 26.3 Å². The average Bonchev–Trinajstić information content (AvgIpc) is 2.87. The van der Waals surface area contributed by atoms with Gasteiger partial charge in [0.2, 0.25) is 0 Å². The minimum atomic E-state index is -0.867. The van der Waals surface area contributed by atoms with Gasteiger partial charge in [-0.05, 0) is 30.2 Å². The molecule has 0 radical (unpaired) electrons. The van der Waals surface area contributed by atoms with Gasteiger partial charge in [-0.15, -0.1) is 0 Å². The van der Waals surface area contributed by atoms with Crippen LogP contribution in [0.25, 0.3) is 5.57 Å². The molecule has 2 aromatic rings. The molecule has 0 bridgehead atoms. The second-order valence-corrected chi connectivity index (χ2v) is 7.08. The van der Waals surface area contributed by atoms with Gasteiger partial charge < -0.3 is 23.7 Å². The fourth-order valence-corrected chi connectivity index (χ4v) is 2.68. The molecule has 0 heterocycles. The molecule has 0 saturated heterocycles. The van der Waals surface area contributed by atoms with Crippen molar-refractivity contribution in [3.63, 3.8) is 0 Å². The highest BCUT2D eigenvalue weighted by Crippen LogP contribution is 2.30. The topological polar surface area (TPSA) is 132 Å². The van der Waals surface area contributed by atoms with Gasteiger partial charge in [-0.3, -0.25) is 0 Å². The summed E-state index contributed by atoms with van der Waals surface area (Å²) < 4.78 is 25.5. The van der Waals surface area contributed by atoms with Crippen molar-refractivity contribution < 1.29 is 47.7 Å². The fourth-order valence-electron chi connectivity index (χ4n) is 2.68. The number of rotatable bonds is 11. The Morgan fingerprint density at radius 3 is 1.05 bits per heavy atom. The molecule has 0 aliphatic carbocycles. The predicted octanol–water partition coefficient (Wildman–Crippen LogP) is 4.06. The average molecular weight is 518 g/mol. The standard InChI is InChI=1S/C28H22O10/c1-6-24(29)34-19-11-18(12-20(13-19)35-25(30)7-2)17(5)10-28(33)38-23-15-21(36-26(31)8-3)14-22(16-23)37-27(32)9-4/h6-16H,1-4H2,5H3. The van der Waals surface area contributed by atoms with Gasteiger partial charge in [0.05, 0.1) is 0 Å². The summed E-state index contributed by atoms with van der Waals surface area (Å²) in [5, 5.41) is 0. The van der Waals surface area contributed by atoms with E-state index in [9.17, 15) is 24.0 Å². The van der Waals surface area contributed by atoms with Crippen molar-refractivity contribution in [1.82, 2.24) is 0 Å². The van der Waals surface area contributed by atoms with Crippen LogP contribution in [0.15, 0.2) is 93.1 Å². The molecule has 0 spiro atoms. The van der Waals surface area contributed by atoms with Gasteiger partial charge in [0.25, 0.3) is 0 Å². The second-order valence-electron chi connectivity index (χ2n) is 7.08. The molecule has 0 atom stereocenters. The minimum Gasteiger partial charge on any atom is -0.423 e. The molecule has 0 saturated carbocycles. The van der Waals surface area contributed by atoms with Crippen LogP contribution in [-0.2, 0) is 24.0 Å². The lowest BCUT2D eigenvalue weighted by atomic mass is 10.1. The summed E-state index contributed by atoms with van der Waals surface area (Å²) >= 11 is 0. The van der Waals surface area contributed by atoms with Crippen molar-refractivity contribution in [2.75, 3.05) is 0 Å². The molecule has 0 N–H and O–H groups in total. The number of hydrogen-bond acceptors (Lipinski definition) is 10. The molecule has 10 nitrogen and oxygen atoms in total. The van der Waals surface area contributed by atoms with Crippen LogP contribution in [0.1, 0.15) is 12.5 Å². The maximum atomic E-state index is 12.6. The van der Waals surface area contributed by atoms with Crippen molar-refractivity contribution in [2.45, 2.75) is 6.92 Å². The summed E-state index contributed by atoms with van der Waals surface area (Å²) in [5.74, 6) is -4.22. The number of ether oxygens (including phenoxy) is 5. The zero-order chi connectivity index (χ0) is 28.2. The summed E-state index contributed by atoms with van der Waals surface area (Å²) in [5.41, 5.74) is 0.674. The summed E-state index contributed by atoms with van der Waals surface area (Å²) in [7, 11) is 0. The van der Waals surface area contributed by atoms with Crippen molar-refractivity contribution in [1.29, 1.82) is 0 Å². The van der Waals surface area contributed by atoms with Gasteiger partial charge in [0.15, 0.2) is 0 Å². The third-order valence-electron chi connectivity index (χ3n) is 4.28. The Balaban J connectivity index is 2.38. The highest BCUT2D eigenvalue weighted by Gasteiger charge is 2.14. The normalized spacial score (nSPS) is 10.3. The Labute approximate surface area is 217 Å². The van der Waals surface area contributed by atoms with Gasteiger partial charge >= 0.3 is 29.8 Å². The Hall–Kier alpha value is -5.51. The minimum absolute atomic E-state index is 0.0193. The quantitative estimate of drug-likeness (QED) is 0.244. The molecule has 2 rings (SSSR count). The van der Waals surface area contributed by atoms with E-state index >= 15 is 0 Å². The molecule has 0 amide bonds. The molecule has 0 aliphatic rings. The van der Waals surface area contributed by atoms with Crippen LogP contribution < -0.4 is 23.7 Å². The number of hydrogen-bond donors (Lipinski definition) is 0. The predicted molar refractivity (Wildman–Crippen MR) is 135 cm³/mol. The number of allylic oxidation sites excluding steroid dienone is 1. The lowest BCUT2D eigenvalue weighted by Gasteiger charge is -2.11. The third kappa shape index (κ3) is 8.93. The number of benzene rings is 2. The SMILES string of the molecule is C=CC(=O)Oc1cc(OC(=O)C=C)cc(OC(=O)C=C(C)c2cc(OC(=O)C=C)cc(OC(=O)C=C)c2)c1. The zero-order valence-electron chi connectivity index (χ0n) is 20.3. The van der Waals surface area contributed by atoms with Crippen LogP contribution in [0.5, 0.6) is 28.7 Å². The van der Waals surface area contributed by atoms with Crippen LogP contribution in [0, 0.1) is 0 Å². The van der Waals surface area contributed by atoms with E-state index in [0.29, 0.717) is 11.1 Å². The number of esters is 5. The molecular formula is C28H22O10. The van der Waals surface area contributed by atoms with Crippen molar-refractivity contribution in [3.05, 3.63) is 98.7 Å². The van der Waals surface area contributed by atoms with Crippen LogP contribution >= 0.6 is 0 Å². The van der Waals surface area contributed by atoms with Crippen LogP contribution in [-0.4, -0.2) is 29.8 Å². The molecule has 2 aromatic carbocycles. The molecular weight excluding hydrogens is 496 g/mol. The first-order valence-electron chi connectivity index (χ1n) is 10.6. The highest BCUT2D eigenvalue weighted by atomic mass is 16.6. The molecule has 0 unspecified atom stereocenters. The van der Waals surface area contributed by atoms with Crippen molar-refractivity contribution in [2.24, 2.45) is 0 Å². The molecule has 194 valence electrons. The van der Waals surface area contributed by atoms with Gasteiger partial charge in [-0.25, -0.2) is 24.0 Å². The number of carbonyl (C=O) groups is 5. The smallest absolute Gasteiger partial charge is 0.336 e.